The molecule has 0 radical (unpaired) electrons. The first kappa shape index (κ1) is 16.1. The Morgan fingerprint density at radius 2 is 1.88 bits per heavy atom. The summed E-state index contributed by atoms with van der Waals surface area (Å²) in [5, 5.41) is 7.12. The summed E-state index contributed by atoms with van der Waals surface area (Å²) in [6, 6.07) is 15.6. The molecule has 6 nitrogen and oxygen atoms in total. The molecule has 0 amide bonds. The zero-order valence-electron chi connectivity index (χ0n) is 13.4. The van der Waals surface area contributed by atoms with E-state index in [0.717, 1.165) is 17.0 Å². The number of rotatable bonds is 6. The molecule has 124 valence electrons. The first-order valence-electron chi connectivity index (χ1n) is 7.41. The topological polar surface area (TPSA) is 64.1 Å². The Kier molecular flexibility index (Phi) is 4.81. The van der Waals surface area contributed by atoms with Gasteiger partial charge in [-0.05, 0) is 18.3 Å². The Balaban J connectivity index is 1.89. The highest BCUT2D eigenvalue weighted by molar-refractivity contribution is 7.71. The van der Waals surface area contributed by atoms with Gasteiger partial charge >= 0.3 is 0 Å². The SMILES string of the molecule is COc1cccc(CNn2c(-c3ccccc3)n[nH]c2=S)c1OC. The number of hydrogen-bond donors (Lipinski definition) is 2. The van der Waals surface area contributed by atoms with Gasteiger partial charge in [-0.3, -0.25) is 0 Å². The van der Waals surface area contributed by atoms with Crippen molar-refractivity contribution in [3.05, 3.63) is 58.9 Å². The smallest absolute Gasteiger partial charge is 0.214 e. The Hall–Kier alpha value is -2.80. The molecule has 0 aliphatic heterocycles. The van der Waals surface area contributed by atoms with Gasteiger partial charge in [0.15, 0.2) is 17.3 Å². The van der Waals surface area contributed by atoms with Gasteiger partial charge in [-0.2, -0.15) is 5.10 Å². The standard InChI is InChI=1S/C17H18N4O2S/c1-22-14-10-6-9-13(15(14)23-2)11-18-21-16(19-20-17(21)24)12-7-4-3-5-8-12/h3-10,18H,11H2,1-2H3,(H,20,24). The molecule has 2 N–H and O–H groups in total. The lowest BCUT2D eigenvalue weighted by molar-refractivity contribution is 0.352. The number of nitrogens with zero attached hydrogens (tertiary/aromatic N) is 2. The highest BCUT2D eigenvalue weighted by Crippen LogP contribution is 2.30. The van der Waals surface area contributed by atoms with Crippen LogP contribution < -0.4 is 14.9 Å². The maximum absolute atomic E-state index is 5.46. The van der Waals surface area contributed by atoms with Crippen LogP contribution in [0.25, 0.3) is 11.4 Å². The van der Waals surface area contributed by atoms with Crippen molar-refractivity contribution in [3.8, 4) is 22.9 Å². The maximum Gasteiger partial charge on any atom is 0.214 e. The van der Waals surface area contributed by atoms with Crippen LogP contribution in [0.3, 0.4) is 0 Å². The van der Waals surface area contributed by atoms with Gasteiger partial charge in [-0.1, -0.05) is 42.5 Å². The molecular formula is C17H18N4O2S. The first-order valence-corrected chi connectivity index (χ1v) is 7.82. The van der Waals surface area contributed by atoms with Crippen molar-refractivity contribution in [1.82, 2.24) is 14.9 Å². The third kappa shape index (κ3) is 3.11. The van der Waals surface area contributed by atoms with E-state index in [0.29, 0.717) is 22.8 Å². The average Bonchev–Trinajstić information content (AvgIpc) is 3.00. The predicted molar refractivity (Wildman–Crippen MR) is 95.5 cm³/mol. The summed E-state index contributed by atoms with van der Waals surface area (Å²) >= 11 is 5.32. The van der Waals surface area contributed by atoms with Gasteiger partial charge in [0.25, 0.3) is 0 Å². The molecule has 0 bridgehead atoms. The highest BCUT2D eigenvalue weighted by Gasteiger charge is 2.12. The van der Waals surface area contributed by atoms with Crippen molar-refractivity contribution < 1.29 is 9.47 Å². The van der Waals surface area contributed by atoms with Crippen LogP contribution in [-0.2, 0) is 6.54 Å². The maximum atomic E-state index is 5.46. The van der Waals surface area contributed by atoms with Crippen LogP contribution >= 0.6 is 12.2 Å². The summed E-state index contributed by atoms with van der Waals surface area (Å²) < 4.78 is 13.0. The molecule has 24 heavy (non-hydrogen) atoms. The quantitative estimate of drug-likeness (QED) is 0.673. The number of aromatic nitrogens is 3. The lowest BCUT2D eigenvalue weighted by Gasteiger charge is -2.14. The molecule has 0 atom stereocenters. The van der Waals surface area contributed by atoms with E-state index in [-0.39, 0.29) is 0 Å². The Bertz CT molecular complexity index is 874. The molecule has 0 aliphatic rings. The molecule has 0 saturated heterocycles. The van der Waals surface area contributed by atoms with Crippen molar-refractivity contribution >= 4 is 12.2 Å². The van der Waals surface area contributed by atoms with Crippen molar-refractivity contribution in [2.24, 2.45) is 0 Å². The van der Waals surface area contributed by atoms with Gasteiger partial charge in [0, 0.05) is 11.1 Å². The van der Waals surface area contributed by atoms with Crippen LogP contribution in [0, 0.1) is 4.77 Å². The number of benzene rings is 2. The zero-order valence-corrected chi connectivity index (χ0v) is 14.3. The number of ether oxygens (including phenoxy) is 2. The minimum atomic E-state index is 0.496. The van der Waals surface area contributed by atoms with Crippen LogP contribution in [0.5, 0.6) is 11.5 Å². The fourth-order valence-electron chi connectivity index (χ4n) is 2.48. The molecule has 0 aliphatic carbocycles. The van der Waals surface area contributed by atoms with E-state index in [9.17, 15) is 0 Å². The van der Waals surface area contributed by atoms with Crippen molar-refractivity contribution in [2.75, 3.05) is 19.6 Å². The minimum Gasteiger partial charge on any atom is -0.493 e. The second-order valence-corrected chi connectivity index (χ2v) is 5.43. The Labute approximate surface area is 145 Å². The number of hydrogen-bond acceptors (Lipinski definition) is 5. The molecule has 7 heteroatoms. The van der Waals surface area contributed by atoms with E-state index < -0.39 is 0 Å². The molecule has 2 aromatic carbocycles. The van der Waals surface area contributed by atoms with Gasteiger partial charge in [0.2, 0.25) is 4.77 Å². The molecule has 0 unspecified atom stereocenters. The lowest BCUT2D eigenvalue weighted by atomic mass is 10.2. The molecule has 0 spiro atoms. The molecule has 3 rings (SSSR count). The largest absolute Gasteiger partial charge is 0.493 e. The van der Waals surface area contributed by atoms with E-state index in [1.54, 1.807) is 18.9 Å². The monoisotopic (exact) mass is 342 g/mol. The average molecular weight is 342 g/mol. The molecule has 1 heterocycles. The van der Waals surface area contributed by atoms with Gasteiger partial charge in [0.1, 0.15) is 0 Å². The second-order valence-electron chi connectivity index (χ2n) is 5.04. The summed E-state index contributed by atoms with van der Waals surface area (Å²) in [7, 11) is 3.25. The second kappa shape index (κ2) is 7.18. The van der Waals surface area contributed by atoms with Crippen molar-refractivity contribution in [1.29, 1.82) is 0 Å². The number of methoxy groups -OCH3 is 2. The van der Waals surface area contributed by atoms with Crippen LogP contribution in [0.1, 0.15) is 5.56 Å². The van der Waals surface area contributed by atoms with Gasteiger partial charge in [0.05, 0.1) is 20.8 Å². The lowest BCUT2D eigenvalue weighted by Crippen LogP contribution is -2.16. The number of aromatic amines is 1. The summed E-state index contributed by atoms with van der Waals surface area (Å²) in [4.78, 5) is 0. The number of nitrogens with one attached hydrogen (secondary N) is 2. The first-order chi connectivity index (χ1) is 11.7. The number of para-hydroxylation sites is 1. The number of H-pyrrole nitrogens is 1. The van der Waals surface area contributed by atoms with Crippen LogP contribution in [-0.4, -0.2) is 29.1 Å². The van der Waals surface area contributed by atoms with Gasteiger partial charge in [-0.15, -0.1) is 0 Å². The summed E-state index contributed by atoms with van der Waals surface area (Å²) in [5.41, 5.74) is 5.21. The van der Waals surface area contributed by atoms with Crippen molar-refractivity contribution in [3.63, 3.8) is 0 Å². The van der Waals surface area contributed by atoms with E-state index >= 15 is 0 Å². The van der Waals surface area contributed by atoms with E-state index in [1.165, 1.54) is 0 Å². The fraction of sp³-hybridized carbons (Fsp3) is 0.176. The fourth-order valence-corrected chi connectivity index (χ4v) is 2.68. The predicted octanol–water partition coefficient (Wildman–Crippen LogP) is 3.37. The van der Waals surface area contributed by atoms with Crippen LogP contribution in [0.2, 0.25) is 0 Å². The van der Waals surface area contributed by atoms with Crippen molar-refractivity contribution in [2.45, 2.75) is 6.54 Å². The molecule has 0 fully saturated rings. The van der Waals surface area contributed by atoms with E-state index in [1.807, 2.05) is 48.5 Å². The minimum absolute atomic E-state index is 0.496. The van der Waals surface area contributed by atoms with Gasteiger partial charge in [-0.25, -0.2) is 9.77 Å². The Morgan fingerprint density at radius 1 is 1.08 bits per heavy atom. The van der Waals surface area contributed by atoms with Gasteiger partial charge < -0.3 is 14.9 Å². The molecule has 3 aromatic rings. The third-order valence-corrected chi connectivity index (χ3v) is 3.89. The van der Waals surface area contributed by atoms with Crippen LogP contribution in [0.4, 0.5) is 0 Å². The third-order valence-electron chi connectivity index (χ3n) is 3.62. The van der Waals surface area contributed by atoms with E-state index in [4.69, 9.17) is 21.7 Å². The normalized spacial score (nSPS) is 10.4. The summed E-state index contributed by atoms with van der Waals surface area (Å²) in [6.07, 6.45) is 0. The van der Waals surface area contributed by atoms with Crippen LogP contribution in [0.15, 0.2) is 48.5 Å². The summed E-state index contributed by atoms with van der Waals surface area (Å²) in [5.74, 6) is 2.11. The molecule has 0 saturated carbocycles. The molecular weight excluding hydrogens is 324 g/mol. The van der Waals surface area contributed by atoms with E-state index in [2.05, 4.69) is 15.6 Å². The molecule has 1 aromatic heterocycles. The zero-order chi connectivity index (χ0) is 16.9. The Morgan fingerprint density at radius 3 is 2.58 bits per heavy atom. The highest BCUT2D eigenvalue weighted by atomic mass is 32.1. The summed E-state index contributed by atoms with van der Waals surface area (Å²) in [6.45, 7) is 0.508.